The minimum Gasteiger partial charge on any atom is -0.241 e. The highest BCUT2D eigenvalue weighted by Gasteiger charge is 2.21. The van der Waals surface area contributed by atoms with Crippen LogP contribution in [0.15, 0.2) is 71.9 Å². The van der Waals surface area contributed by atoms with Gasteiger partial charge in [0, 0.05) is 25.4 Å². The number of para-hydroxylation sites is 1. The van der Waals surface area contributed by atoms with Crippen molar-refractivity contribution in [2.75, 3.05) is 7.05 Å². The molecular weight excluding hydrogens is 334 g/mol. The lowest BCUT2D eigenvalue weighted by Gasteiger charge is -2.16. The van der Waals surface area contributed by atoms with Gasteiger partial charge in [-0.05, 0) is 36.2 Å². The fraction of sp³-hybridized carbons (Fsp3) is 0.211. The van der Waals surface area contributed by atoms with Crippen molar-refractivity contribution in [3.05, 3.63) is 78.1 Å². The van der Waals surface area contributed by atoms with Crippen LogP contribution >= 0.6 is 0 Å². The van der Waals surface area contributed by atoms with Crippen LogP contribution in [-0.2, 0) is 23.0 Å². The van der Waals surface area contributed by atoms with Crippen molar-refractivity contribution in [2.24, 2.45) is 0 Å². The third-order valence-corrected chi connectivity index (χ3v) is 5.92. The predicted molar refractivity (Wildman–Crippen MR) is 98.0 cm³/mol. The maximum atomic E-state index is 12.7. The molecule has 0 saturated heterocycles. The monoisotopic (exact) mass is 355 g/mol. The summed E-state index contributed by atoms with van der Waals surface area (Å²) in [4.78, 5) is 0.308. The topological polar surface area (TPSA) is 55.2 Å². The lowest BCUT2D eigenvalue weighted by atomic mass is 10.2. The van der Waals surface area contributed by atoms with E-state index in [1.54, 1.807) is 30.1 Å². The standard InChI is InChI=1S/C19H21N3O2S/c1-3-16-9-11-19(12-10-16)25(23,24)21(2)14-17-13-20-22(15-17)18-7-5-4-6-8-18/h4-13,15H,3,14H2,1-2H3. The van der Waals surface area contributed by atoms with Gasteiger partial charge < -0.3 is 0 Å². The smallest absolute Gasteiger partial charge is 0.241 e. The fourth-order valence-corrected chi connectivity index (χ4v) is 3.74. The van der Waals surface area contributed by atoms with Crippen LogP contribution in [0, 0.1) is 0 Å². The summed E-state index contributed by atoms with van der Waals surface area (Å²) < 4.78 is 28.5. The maximum Gasteiger partial charge on any atom is 0.243 e. The van der Waals surface area contributed by atoms with Crippen LogP contribution in [-0.4, -0.2) is 29.6 Å². The van der Waals surface area contributed by atoms with Gasteiger partial charge in [0.1, 0.15) is 0 Å². The van der Waals surface area contributed by atoms with Gasteiger partial charge in [0.05, 0.1) is 16.8 Å². The molecule has 0 saturated carbocycles. The number of sulfonamides is 1. The zero-order valence-corrected chi connectivity index (χ0v) is 15.1. The summed E-state index contributed by atoms with van der Waals surface area (Å²) in [5.74, 6) is 0. The molecule has 5 nitrogen and oxygen atoms in total. The first kappa shape index (κ1) is 17.4. The quantitative estimate of drug-likeness (QED) is 0.682. The largest absolute Gasteiger partial charge is 0.243 e. The first-order chi connectivity index (χ1) is 12.0. The van der Waals surface area contributed by atoms with E-state index in [-0.39, 0.29) is 6.54 Å². The first-order valence-electron chi connectivity index (χ1n) is 8.15. The number of hydrogen-bond acceptors (Lipinski definition) is 3. The molecule has 0 N–H and O–H groups in total. The van der Waals surface area contributed by atoms with E-state index in [0.717, 1.165) is 23.2 Å². The highest BCUT2D eigenvalue weighted by atomic mass is 32.2. The molecule has 0 aliphatic heterocycles. The summed E-state index contributed by atoms with van der Waals surface area (Å²) >= 11 is 0. The van der Waals surface area contributed by atoms with Gasteiger partial charge in [0.2, 0.25) is 10.0 Å². The molecule has 0 aliphatic carbocycles. The van der Waals surface area contributed by atoms with Crippen molar-refractivity contribution in [2.45, 2.75) is 24.8 Å². The highest BCUT2D eigenvalue weighted by molar-refractivity contribution is 7.89. The molecule has 2 aromatic carbocycles. The van der Waals surface area contributed by atoms with Crippen molar-refractivity contribution in [3.63, 3.8) is 0 Å². The number of benzene rings is 2. The van der Waals surface area contributed by atoms with Gasteiger partial charge in [-0.2, -0.15) is 9.40 Å². The van der Waals surface area contributed by atoms with Gasteiger partial charge in [-0.1, -0.05) is 37.3 Å². The zero-order chi connectivity index (χ0) is 17.9. The van der Waals surface area contributed by atoms with Gasteiger partial charge in [0.25, 0.3) is 0 Å². The molecule has 0 fully saturated rings. The maximum absolute atomic E-state index is 12.7. The van der Waals surface area contributed by atoms with Crippen molar-refractivity contribution >= 4 is 10.0 Å². The van der Waals surface area contributed by atoms with Gasteiger partial charge in [-0.3, -0.25) is 0 Å². The molecule has 130 valence electrons. The third-order valence-electron chi connectivity index (χ3n) is 4.10. The summed E-state index contributed by atoms with van der Waals surface area (Å²) in [5.41, 5.74) is 2.89. The van der Waals surface area contributed by atoms with Crippen LogP contribution in [0.25, 0.3) is 5.69 Å². The van der Waals surface area contributed by atoms with Crippen LogP contribution in [0.4, 0.5) is 0 Å². The normalized spacial score (nSPS) is 11.8. The molecule has 25 heavy (non-hydrogen) atoms. The Labute approximate surface area is 148 Å². The lowest BCUT2D eigenvalue weighted by Crippen LogP contribution is -2.26. The van der Waals surface area contributed by atoms with Crippen LogP contribution in [0.2, 0.25) is 0 Å². The Kier molecular flexibility index (Phi) is 5.01. The van der Waals surface area contributed by atoms with E-state index in [1.807, 2.05) is 55.6 Å². The van der Waals surface area contributed by atoms with Gasteiger partial charge in [-0.15, -0.1) is 0 Å². The van der Waals surface area contributed by atoms with Gasteiger partial charge in [-0.25, -0.2) is 13.1 Å². The first-order valence-corrected chi connectivity index (χ1v) is 9.59. The second-order valence-corrected chi connectivity index (χ2v) is 7.93. The van der Waals surface area contributed by atoms with Crippen LogP contribution in [0.5, 0.6) is 0 Å². The van der Waals surface area contributed by atoms with E-state index in [2.05, 4.69) is 5.10 Å². The third kappa shape index (κ3) is 3.81. The van der Waals surface area contributed by atoms with E-state index < -0.39 is 10.0 Å². The van der Waals surface area contributed by atoms with Crippen molar-refractivity contribution in [1.29, 1.82) is 0 Å². The van der Waals surface area contributed by atoms with Crippen molar-refractivity contribution < 1.29 is 8.42 Å². The van der Waals surface area contributed by atoms with Crippen molar-refractivity contribution in [3.8, 4) is 5.69 Å². The minimum atomic E-state index is -3.52. The van der Waals surface area contributed by atoms with E-state index in [4.69, 9.17) is 0 Å². The molecule has 3 aromatic rings. The molecular formula is C19H21N3O2S. The van der Waals surface area contributed by atoms with Crippen molar-refractivity contribution in [1.82, 2.24) is 14.1 Å². The molecule has 3 rings (SSSR count). The Morgan fingerprint density at radius 1 is 1.00 bits per heavy atom. The molecule has 1 aromatic heterocycles. The Hall–Kier alpha value is -2.44. The summed E-state index contributed by atoms with van der Waals surface area (Å²) in [6.07, 6.45) is 4.43. The van der Waals surface area contributed by atoms with Crippen LogP contribution < -0.4 is 0 Å². The second-order valence-electron chi connectivity index (χ2n) is 5.89. The number of aromatic nitrogens is 2. The zero-order valence-electron chi connectivity index (χ0n) is 14.3. The molecule has 0 amide bonds. The van der Waals surface area contributed by atoms with Gasteiger partial charge >= 0.3 is 0 Å². The minimum absolute atomic E-state index is 0.269. The predicted octanol–water partition coefficient (Wildman–Crippen LogP) is 3.26. The number of hydrogen-bond donors (Lipinski definition) is 0. The Morgan fingerprint density at radius 2 is 1.68 bits per heavy atom. The van der Waals surface area contributed by atoms with E-state index in [0.29, 0.717) is 4.90 Å². The molecule has 0 radical (unpaired) electrons. The second kappa shape index (κ2) is 7.21. The van der Waals surface area contributed by atoms with E-state index in [1.165, 1.54) is 4.31 Å². The van der Waals surface area contributed by atoms with Crippen LogP contribution in [0.3, 0.4) is 0 Å². The summed E-state index contributed by atoms with van der Waals surface area (Å²) in [6.45, 7) is 2.31. The molecule has 1 heterocycles. The van der Waals surface area contributed by atoms with E-state index in [9.17, 15) is 8.42 Å². The number of rotatable bonds is 6. The molecule has 6 heteroatoms. The molecule has 0 atom stereocenters. The number of aryl methyl sites for hydroxylation is 1. The molecule has 0 aliphatic rings. The Morgan fingerprint density at radius 3 is 2.32 bits per heavy atom. The Balaban J connectivity index is 1.77. The molecule has 0 spiro atoms. The van der Waals surface area contributed by atoms with Gasteiger partial charge in [0.15, 0.2) is 0 Å². The molecule has 0 bridgehead atoms. The van der Waals surface area contributed by atoms with Crippen LogP contribution in [0.1, 0.15) is 18.1 Å². The van der Waals surface area contributed by atoms with E-state index >= 15 is 0 Å². The highest BCUT2D eigenvalue weighted by Crippen LogP contribution is 2.18. The number of nitrogens with zero attached hydrogens (tertiary/aromatic N) is 3. The average Bonchev–Trinajstić information content (AvgIpc) is 3.11. The fourth-order valence-electron chi connectivity index (χ4n) is 2.58. The average molecular weight is 355 g/mol. The Bertz CT molecular complexity index is 932. The summed E-state index contributed by atoms with van der Waals surface area (Å²) in [7, 11) is -1.94. The SMILES string of the molecule is CCc1ccc(S(=O)(=O)N(C)Cc2cnn(-c3ccccc3)c2)cc1. The molecule has 0 unspecified atom stereocenters. The summed E-state index contributed by atoms with van der Waals surface area (Å²) in [6, 6.07) is 16.8. The lowest BCUT2D eigenvalue weighted by molar-refractivity contribution is 0.466. The summed E-state index contributed by atoms with van der Waals surface area (Å²) in [5, 5.41) is 4.31.